The lowest BCUT2D eigenvalue weighted by molar-refractivity contribution is -0.140. The van der Waals surface area contributed by atoms with E-state index >= 15 is 0 Å². The van der Waals surface area contributed by atoms with E-state index in [1.165, 1.54) is 4.90 Å². The summed E-state index contributed by atoms with van der Waals surface area (Å²) >= 11 is 6.34. The Morgan fingerprint density at radius 3 is 2.68 bits per heavy atom. The number of amides is 1. The summed E-state index contributed by atoms with van der Waals surface area (Å²) in [6.07, 6.45) is 1.62. The molecular formula is C24H24ClNO5. The summed E-state index contributed by atoms with van der Waals surface area (Å²) in [6.45, 7) is 3.22. The van der Waals surface area contributed by atoms with Gasteiger partial charge in [-0.15, -0.1) is 0 Å². The molecule has 0 bridgehead atoms. The van der Waals surface area contributed by atoms with E-state index in [1.54, 1.807) is 18.2 Å². The van der Waals surface area contributed by atoms with Gasteiger partial charge in [0.1, 0.15) is 11.5 Å². The fourth-order valence-electron chi connectivity index (χ4n) is 4.15. The third-order valence-corrected chi connectivity index (χ3v) is 5.91. The van der Waals surface area contributed by atoms with Gasteiger partial charge in [0.25, 0.3) is 11.7 Å². The first-order valence-electron chi connectivity index (χ1n) is 10.4. The zero-order valence-electron chi connectivity index (χ0n) is 17.2. The number of hydrogen-bond acceptors (Lipinski definition) is 5. The predicted octanol–water partition coefficient (Wildman–Crippen LogP) is 4.34. The maximum absolute atomic E-state index is 13.1. The maximum atomic E-state index is 13.1. The Bertz CT molecular complexity index is 1010. The van der Waals surface area contributed by atoms with Crippen molar-refractivity contribution in [2.75, 3.05) is 19.8 Å². The topological polar surface area (TPSA) is 76.1 Å². The Labute approximate surface area is 186 Å². The number of aliphatic hydroxyl groups excluding tert-OH is 1. The van der Waals surface area contributed by atoms with Crippen LogP contribution in [0.15, 0.2) is 54.1 Å². The number of ketones is 1. The van der Waals surface area contributed by atoms with Gasteiger partial charge in [-0.25, -0.2) is 0 Å². The van der Waals surface area contributed by atoms with Crippen molar-refractivity contribution in [1.29, 1.82) is 0 Å². The molecule has 1 N–H and O–H groups in total. The fourth-order valence-corrected chi connectivity index (χ4v) is 4.35. The summed E-state index contributed by atoms with van der Waals surface area (Å²) in [5, 5.41) is 11.5. The van der Waals surface area contributed by atoms with Gasteiger partial charge in [-0.1, -0.05) is 41.9 Å². The number of Topliss-reactive ketones (excluding diaryl/α,β-unsaturated/α-hetero) is 1. The second-order valence-corrected chi connectivity index (χ2v) is 7.98. The summed E-state index contributed by atoms with van der Waals surface area (Å²) in [4.78, 5) is 27.6. The minimum absolute atomic E-state index is 0.0183. The van der Waals surface area contributed by atoms with Crippen molar-refractivity contribution in [1.82, 2.24) is 4.90 Å². The largest absolute Gasteiger partial charge is 0.507 e. The molecule has 1 amide bonds. The molecule has 2 aromatic rings. The molecule has 4 rings (SSSR count). The number of halogens is 1. The molecule has 0 spiro atoms. The molecule has 0 aromatic heterocycles. The van der Waals surface area contributed by atoms with Gasteiger partial charge in [0, 0.05) is 18.7 Å². The zero-order valence-corrected chi connectivity index (χ0v) is 18.0. The van der Waals surface area contributed by atoms with Crippen molar-refractivity contribution in [2.45, 2.75) is 31.9 Å². The quantitative estimate of drug-likeness (QED) is 0.410. The molecule has 2 aliphatic heterocycles. The van der Waals surface area contributed by atoms with Gasteiger partial charge < -0.3 is 19.5 Å². The van der Waals surface area contributed by atoms with E-state index in [4.69, 9.17) is 21.1 Å². The van der Waals surface area contributed by atoms with E-state index in [-0.39, 0.29) is 34.6 Å². The van der Waals surface area contributed by atoms with Gasteiger partial charge >= 0.3 is 0 Å². The Balaban J connectivity index is 1.83. The Morgan fingerprint density at radius 2 is 2.00 bits per heavy atom. The lowest BCUT2D eigenvalue weighted by Crippen LogP contribution is -2.36. The standard InChI is InChI=1S/C24H24ClNO5/c1-2-30-16-10-11-19(25)18(13-16)22(27)20-21(15-7-4-3-5-8-15)26(24(29)23(20)28)14-17-9-6-12-31-17/h3-5,7-8,10-11,13,17,21,27H,2,6,9,12,14H2,1H3/b22-20+. The maximum Gasteiger partial charge on any atom is 0.295 e. The summed E-state index contributed by atoms with van der Waals surface area (Å²) in [6, 6.07) is 13.4. The van der Waals surface area contributed by atoms with Crippen LogP contribution in [0.4, 0.5) is 0 Å². The second kappa shape index (κ2) is 9.12. The summed E-state index contributed by atoms with van der Waals surface area (Å²) < 4.78 is 11.2. The van der Waals surface area contributed by atoms with Crippen LogP contribution in [-0.4, -0.2) is 47.6 Å². The van der Waals surface area contributed by atoms with Crippen molar-refractivity contribution in [2.24, 2.45) is 0 Å². The molecule has 2 fully saturated rings. The number of hydrogen-bond donors (Lipinski definition) is 1. The van der Waals surface area contributed by atoms with Crippen molar-refractivity contribution < 1.29 is 24.2 Å². The van der Waals surface area contributed by atoms with Crippen LogP contribution in [-0.2, 0) is 14.3 Å². The Hall–Kier alpha value is -2.83. The van der Waals surface area contributed by atoms with Crippen LogP contribution in [0.25, 0.3) is 5.76 Å². The molecule has 162 valence electrons. The van der Waals surface area contributed by atoms with Gasteiger partial charge in [-0.3, -0.25) is 9.59 Å². The Kier molecular flexibility index (Phi) is 6.30. The van der Waals surface area contributed by atoms with Gasteiger partial charge in [-0.2, -0.15) is 0 Å². The monoisotopic (exact) mass is 441 g/mol. The average molecular weight is 442 g/mol. The molecule has 0 aliphatic carbocycles. The molecule has 0 saturated carbocycles. The van der Waals surface area contributed by atoms with Crippen LogP contribution in [0.2, 0.25) is 5.02 Å². The van der Waals surface area contributed by atoms with E-state index in [0.29, 0.717) is 19.0 Å². The third-order valence-electron chi connectivity index (χ3n) is 5.58. The number of nitrogens with zero attached hydrogens (tertiary/aromatic N) is 1. The first-order chi connectivity index (χ1) is 15.0. The predicted molar refractivity (Wildman–Crippen MR) is 117 cm³/mol. The molecule has 31 heavy (non-hydrogen) atoms. The number of rotatable bonds is 6. The number of carbonyl (C=O) groups excluding carboxylic acids is 2. The first-order valence-corrected chi connectivity index (χ1v) is 10.8. The normalized spacial score (nSPS) is 22.8. The highest BCUT2D eigenvalue weighted by Crippen LogP contribution is 2.41. The summed E-state index contributed by atoms with van der Waals surface area (Å²) in [7, 11) is 0. The number of carbonyl (C=O) groups is 2. The van der Waals surface area contributed by atoms with Crippen molar-refractivity contribution in [3.05, 3.63) is 70.3 Å². The first kappa shape index (κ1) is 21.4. The fraction of sp³-hybridized carbons (Fsp3) is 0.333. The highest BCUT2D eigenvalue weighted by molar-refractivity contribution is 6.47. The molecule has 7 heteroatoms. The third kappa shape index (κ3) is 4.18. The minimum Gasteiger partial charge on any atom is -0.507 e. The molecule has 2 aliphatic rings. The zero-order chi connectivity index (χ0) is 22.0. The lowest BCUT2D eigenvalue weighted by Gasteiger charge is -2.27. The van der Waals surface area contributed by atoms with Crippen LogP contribution >= 0.6 is 11.6 Å². The van der Waals surface area contributed by atoms with E-state index in [0.717, 1.165) is 18.4 Å². The lowest BCUT2D eigenvalue weighted by atomic mass is 9.95. The summed E-state index contributed by atoms with van der Waals surface area (Å²) in [5.74, 6) is -1.18. The van der Waals surface area contributed by atoms with E-state index in [1.807, 2.05) is 37.3 Å². The van der Waals surface area contributed by atoms with Crippen LogP contribution in [0.1, 0.15) is 36.9 Å². The molecular weight excluding hydrogens is 418 g/mol. The van der Waals surface area contributed by atoms with Crippen molar-refractivity contribution in [3.63, 3.8) is 0 Å². The van der Waals surface area contributed by atoms with Gasteiger partial charge in [0.05, 0.1) is 29.3 Å². The van der Waals surface area contributed by atoms with E-state index in [9.17, 15) is 14.7 Å². The molecule has 6 nitrogen and oxygen atoms in total. The van der Waals surface area contributed by atoms with E-state index < -0.39 is 17.7 Å². The highest BCUT2D eigenvalue weighted by Gasteiger charge is 2.47. The SMILES string of the molecule is CCOc1ccc(Cl)c(/C(O)=C2\C(=O)C(=O)N(CC3CCCO3)C2c2ccccc2)c1. The van der Waals surface area contributed by atoms with Crippen molar-refractivity contribution >= 4 is 29.1 Å². The number of ether oxygens (including phenoxy) is 2. The molecule has 0 radical (unpaired) electrons. The van der Waals surface area contributed by atoms with Gasteiger partial charge in [0.15, 0.2) is 0 Å². The molecule has 2 unspecified atom stereocenters. The van der Waals surface area contributed by atoms with Crippen LogP contribution < -0.4 is 4.74 Å². The van der Waals surface area contributed by atoms with Gasteiger partial charge in [0.2, 0.25) is 0 Å². The highest BCUT2D eigenvalue weighted by atomic mass is 35.5. The summed E-state index contributed by atoms with van der Waals surface area (Å²) in [5.41, 5.74) is 1.01. The second-order valence-electron chi connectivity index (χ2n) is 7.57. The number of likely N-dealkylation sites (tertiary alicyclic amines) is 1. The molecule has 2 atom stereocenters. The van der Waals surface area contributed by atoms with Crippen LogP contribution in [0.5, 0.6) is 5.75 Å². The van der Waals surface area contributed by atoms with Gasteiger partial charge in [-0.05, 0) is 43.5 Å². The smallest absolute Gasteiger partial charge is 0.295 e. The van der Waals surface area contributed by atoms with Crippen LogP contribution in [0, 0.1) is 0 Å². The number of benzene rings is 2. The average Bonchev–Trinajstić information content (AvgIpc) is 3.38. The molecule has 2 heterocycles. The molecule has 2 saturated heterocycles. The van der Waals surface area contributed by atoms with E-state index in [2.05, 4.69) is 0 Å². The van der Waals surface area contributed by atoms with Crippen LogP contribution in [0.3, 0.4) is 0 Å². The minimum atomic E-state index is -0.734. The van der Waals surface area contributed by atoms with Crippen molar-refractivity contribution in [3.8, 4) is 5.75 Å². The Morgan fingerprint density at radius 1 is 1.23 bits per heavy atom. The molecule has 2 aromatic carbocycles. The number of aliphatic hydroxyl groups is 1.